The number of halogens is 4. The normalized spacial score (nSPS) is 12.5. The van der Waals surface area contributed by atoms with Crippen LogP contribution in [-0.4, -0.2) is 5.11 Å². The van der Waals surface area contributed by atoms with Crippen molar-refractivity contribution in [3.05, 3.63) is 69.4 Å². The zero-order chi connectivity index (χ0) is 14.0. The third-order valence-corrected chi connectivity index (χ3v) is 3.65. The molecule has 0 saturated heterocycles. The van der Waals surface area contributed by atoms with E-state index in [1.807, 2.05) is 0 Å². The Kier molecular flexibility index (Phi) is 4.27. The van der Waals surface area contributed by atoms with Crippen LogP contribution < -0.4 is 0 Å². The van der Waals surface area contributed by atoms with Gasteiger partial charge in [0.1, 0.15) is 17.5 Å². The molecule has 0 amide bonds. The lowest BCUT2D eigenvalue weighted by Gasteiger charge is -2.13. The van der Waals surface area contributed by atoms with Crippen molar-refractivity contribution < 1.29 is 18.3 Å². The zero-order valence-corrected chi connectivity index (χ0v) is 11.3. The molecule has 1 unspecified atom stereocenters. The lowest BCUT2D eigenvalue weighted by Crippen LogP contribution is -2.05. The summed E-state index contributed by atoms with van der Waals surface area (Å²) in [6.07, 6.45) is -1.14. The minimum atomic E-state index is -1.17. The molecular formula is C14H10BrF3O. The maximum atomic E-state index is 13.5. The van der Waals surface area contributed by atoms with Gasteiger partial charge in [0.2, 0.25) is 0 Å². The highest BCUT2D eigenvalue weighted by Gasteiger charge is 2.16. The molecule has 0 heterocycles. The van der Waals surface area contributed by atoms with E-state index in [4.69, 9.17) is 0 Å². The van der Waals surface area contributed by atoms with Crippen molar-refractivity contribution in [2.24, 2.45) is 0 Å². The van der Waals surface area contributed by atoms with E-state index in [0.29, 0.717) is 11.6 Å². The predicted molar refractivity (Wildman–Crippen MR) is 69.1 cm³/mol. The quantitative estimate of drug-likeness (QED) is 0.896. The molecule has 0 aliphatic carbocycles. The Labute approximate surface area is 116 Å². The molecule has 19 heavy (non-hydrogen) atoms. The molecule has 0 aliphatic rings. The summed E-state index contributed by atoms with van der Waals surface area (Å²) in [4.78, 5) is 0. The van der Waals surface area contributed by atoms with Crippen molar-refractivity contribution in [1.82, 2.24) is 0 Å². The van der Waals surface area contributed by atoms with Gasteiger partial charge >= 0.3 is 0 Å². The topological polar surface area (TPSA) is 20.2 Å². The summed E-state index contributed by atoms with van der Waals surface area (Å²) in [6, 6.07) is 7.36. The summed E-state index contributed by atoms with van der Waals surface area (Å²) in [6.45, 7) is 0. The van der Waals surface area contributed by atoms with E-state index in [9.17, 15) is 18.3 Å². The fourth-order valence-electron chi connectivity index (χ4n) is 1.80. The van der Waals surface area contributed by atoms with E-state index in [0.717, 1.165) is 6.07 Å². The van der Waals surface area contributed by atoms with Crippen LogP contribution in [0, 0.1) is 17.5 Å². The zero-order valence-electron chi connectivity index (χ0n) is 9.71. The molecule has 100 valence electrons. The Morgan fingerprint density at radius 1 is 1.05 bits per heavy atom. The van der Waals surface area contributed by atoms with Crippen LogP contribution in [0.4, 0.5) is 13.2 Å². The summed E-state index contributed by atoms with van der Waals surface area (Å²) in [5.74, 6) is -1.98. The molecule has 0 saturated carbocycles. The van der Waals surface area contributed by atoms with Gasteiger partial charge in [-0.3, -0.25) is 0 Å². The van der Waals surface area contributed by atoms with Crippen molar-refractivity contribution in [3.8, 4) is 0 Å². The van der Waals surface area contributed by atoms with Gasteiger partial charge in [-0.2, -0.15) is 0 Å². The van der Waals surface area contributed by atoms with Gasteiger partial charge in [0.25, 0.3) is 0 Å². The van der Waals surface area contributed by atoms with Gasteiger partial charge in [0, 0.05) is 18.1 Å². The standard InChI is InChI=1S/C14H10BrF3O/c15-14-8(2-1-3-11(14)17)6-13(19)10-5-4-9(16)7-12(10)18/h1-5,7,13,19H,6H2. The molecule has 2 rings (SSSR count). The number of rotatable bonds is 3. The molecule has 1 nitrogen and oxygen atoms in total. The predicted octanol–water partition coefficient (Wildman–Crippen LogP) is 4.14. The summed E-state index contributed by atoms with van der Waals surface area (Å²) in [5.41, 5.74) is 0.494. The van der Waals surface area contributed by atoms with E-state index >= 15 is 0 Å². The third kappa shape index (κ3) is 3.16. The molecule has 0 radical (unpaired) electrons. The van der Waals surface area contributed by atoms with E-state index in [-0.39, 0.29) is 16.5 Å². The van der Waals surface area contributed by atoms with Gasteiger partial charge in [-0.15, -0.1) is 0 Å². The Balaban J connectivity index is 2.25. The second-order valence-electron chi connectivity index (χ2n) is 4.10. The van der Waals surface area contributed by atoms with Crippen molar-refractivity contribution in [1.29, 1.82) is 0 Å². The first kappa shape index (κ1) is 14.1. The maximum Gasteiger partial charge on any atom is 0.137 e. The number of aliphatic hydroxyl groups excluding tert-OH is 1. The number of hydrogen-bond acceptors (Lipinski definition) is 1. The smallest absolute Gasteiger partial charge is 0.137 e. The number of benzene rings is 2. The molecule has 0 fully saturated rings. The first-order chi connectivity index (χ1) is 8.99. The number of aliphatic hydroxyl groups is 1. The monoisotopic (exact) mass is 330 g/mol. The number of hydrogen-bond donors (Lipinski definition) is 1. The Bertz CT molecular complexity index is 601. The van der Waals surface area contributed by atoms with Gasteiger partial charge in [-0.1, -0.05) is 18.2 Å². The molecule has 5 heteroatoms. The van der Waals surface area contributed by atoms with E-state index < -0.39 is 23.6 Å². The highest BCUT2D eigenvalue weighted by molar-refractivity contribution is 9.10. The lowest BCUT2D eigenvalue weighted by atomic mass is 10.0. The largest absolute Gasteiger partial charge is 0.388 e. The van der Waals surface area contributed by atoms with Crippen LogP contribution in [0.2, 0.25) is 0 Å². The van der Waals surface area contributed by atoms with Crippen molar-refractivity contribution in [2.45, 2.75) is 12.5 Å². The first-order valence-electron chi connectivity index (χ1n) is 5.55. The van der Waals surface area contributed by atoms with Crippen molar-refractivity contribution >= 4 is 15.9 Å². The molecule has 2 aromatic rings. The average molecular weight is 331 g/mol. The van der Waals surface area contributed by atoms with Gasteiger partial charge in [0.15, 0.2) is 0 Å². The Morgan fingerprint density at radius 3 is 2.47 bits per heavy atom. The lowest BCUT2D eigenvalue weighted by molar-refractivity contribution is 0.173. The second-order valence-corrected chi connectivity index (χ2v) is 4.89. The third-order valence-electron chi connectivity index (χ3n) is 2.77. The van der Waals surface area contributed by atoms with Crippen LogP contribution in [0.25, 0.3) is 0 Å². The molecular weight excluding hydrogens is 321 g/mol. The van der Waals surface area contributed by atoms with Crippen molar-refractivity contribution in [2.75, 3.05) is 0 Å². The summed E-state index contributed by atoms with van der Waals surface area (Å²) >= 11 is 3.07. The molecule has 0 bridgehead atoms. The molecule has 0 aromatic heterocycles. The Morgan fingerprint density at radius 2 is 1.79 bits per heavy atom. The van der Waals surface area contributed by atoms with Crippen LogP contribution in [0.3, 0.4) is 0 Å². The van der Waals surface area contributed by atoms with E-state index in [1.54, 1.807) is 6.07 Å². The van der Waals surface area contributed by atoms with Gasteiger partial charge in [-0.25, -0.2) is 13.2 Å². The minimum absolute atomic E-state index is 0.0161. The fraction of sp³-hybridized carbons (Fsp3) is 0.143. The Hall–Kier alpha value is -1.33. The summed E-state index contributed by atoms with van der Waals surface area (Å²) < 4.78 is 39.8. The highest BCUT2D eigenvalue weighted by Crippen LogP contribution is 2.27. The molecule has 1 atom stereocenters. The fourth-order valence-corrected chi connectivity index (χ4v) is 2.22. The first-order valence-corrected chi connectivity index (χ1v) is 6.34. The minimum Gasteiger partial charge on any atom is -0.388 e. The van der Waals surface area contributed by atoms with Crippen LogP contribution >= 0.6 is 15.9 Å². The summed E-state index contributed by atoms with van der Waals surface area (Å²) in [7, 11) is 0. The summed E-state index contributed by atoms with van der Waals surface area (Å²) in [5, 5.41) is 9.96. The average Bonchev–Trinajstić information content (AvgIpc) is 2.34. The maximum absolute atomic E-state index is 13.5. The van der Waals surface area contributed by atoms with Crippen molar-refractivity contribution in [3.63, 3.8) is 0 Å². The van der Waals surface area contributed by atoms with Gasteiger partial charge in [-0.05, 0) is 33.6 Å². The van der Waals surface area contributed by atoms with E-state index in [2.05, 4.69) is 15.9 Å². The molecule has 1 N–H and O–H groups in total. The van der Waals surface area contributed by atoms with Gasteiger partial charge < -0.3 is 5.11 Å². The van der Waals surface area contributed by atoms with Crippen LogP contribution in [-0.2, 0) is 6.42 Å². The SMILES string of the molecule is OC(Cc1cccc(F)c1Br)c1ccc(F)cc1F. The molecule has 0 spiro atoms. The van der Waals surface area contributed by atoms with Crippen LogP contribution in [0.15, 0.2) is 40.9 Å². The molecule has 0 aliphatic heterocycles. The second kappa shape index (κ2) is 5.75. The molecule has 2 aromatic carbocycles. The van der Waals surface area contributed by atoms with E-state index in [1.165, 1.54) is 18.2 Å². The highest BCUT2D eigenvalue weighted by atomic mass is 79.9. The van der Waals surface area contributed by atoms with Crippen LogP contribution in [0.5, 0.6) is 0 Å². The van der Waals surface area contributed by atoms with Crippen LogP contribution in [0.1, 0.15) is 17.2 Å². The van der Waals surface area contributed by atoms with Gasteiger partial charge in [0.05, 0.1) is 10.6 Å².